The van der Waals surface area contributed by atoms with E-state index in [1.807, 2.05) is 0 Å². The average Bonchev–Trinajstić information content (AvgIpc) is 1.87. The van der Waals surface area contributed by atoms with Crippen molar-refractivity contribution in [2.24, 2.45) is 0 Å². The number of ether oxygens (including phenoxy) is 1. The lowest BCUT2D eigenvalue weighted by atomic mass is 10.4. The van der Waals surface area contributed by atoms with Crippen LogP contribution < -0.4 is 5.32 Å². The topological polar surface area (TPSA) is 75.6 Å². The highest BCUT2D eigenvalue weighted by Gasteiger charge is 2.07. The molecule has 2 N–H and O–H groups in total. The van der Waals surface area contributed by atoms with Crippen LogP contribution >= 0.6 is 0 Å². The second-order valence-electron chi connectivity index (χ2n) is 1.78. The van der Waals surface area contributed by atoms with Crippen LogP contribution in [0.2, 0.25) is 0 Å². The first kappa shape index (κ1) is 9.90. The third-order valence-electron chi connectivity index (χ3n) is 0.904. The molecule has 5 heteroatoms. The van der Waals surface area contributed by atoms with Crippen LogP contribution in [0.1, 0.15) is 13.3 Å². The Hall–Kier alpha value is -1.10. The van der Waals surface area contributed by atoms with Crippen LogP contribution in [0.4, 0.5) is 0 Å². The van der Waals surface area contributed by atoms with Crippen molar-refractivity contribution in [3.8, 4) is 0 Å². The summed E-state index contributed by atoms with van der Waals surface area (Å²) in [6, 6.07) is 0. The molecule has 0 heterocycles. The lowest BCUT2D eigenvalue weighted by molar-refractivity contribution is -0.153. The van der Waals surface area contributed by atoms with E-state index in [0.717, 1.165) is 0 Å². The van der Waals surface area contributed by atoms with Crippen LogP contribution in [0, 0.1) is 0 Å². The van der Waals surface area contributed by atoms with Crippen molar-refractivity contribution in [2.45, 2.75) is 13.3 Å². The Labute approximate surface area is 64.3 Å². The molecule has 0 aliphatic rings. The fourth-order valence-corrected chi connectivity index (χ4v) is 0.514. The van der Waals surface area contributed by atoms with E-state index in [-0.39, 0.29) is 6.42 Å². The predicted octanol–water partition coefficient (Wildman–Crippen LogP) is -0.994. The smallest absolute Gasteiger partial charge is 0.317 e. The molecule has 0 aromatic carbocycles. The van der Waals surface area contributed by atoms with Gasteiger partial charge in [-0.15, -0.1) is 0 Å². The second-order valence-corrected chi connectivity index (χ2v) is 1.78. The average molecular weight is 161 g/mol. The summed E-state index contributed by atoms with van der Waals surface area (Å²) in [5, 5.41) is 10.5. The molecule has 5 nitrogen and oxygen atoms in total. The van der Waals surface area contributed by atoms with Crippen LogP contribution in [0.3, 0.4) is 0 Å². The summed E-state index contributed by atoms with van der Waals surface area (Å²) < 4.78 is 4.11. The summed E-state index contributed by atoms with van der Waals surface area (Å²) >= 11 is 0. The zero-order chi connectivity index (χ0) is 8.69. The maximum Gasteiger partial charge on any atom is 0.317 e. The van der Waals surface area contributed by atoms with Crippen LogP contribution in [0.5, 0.6) is 0 Å². The minimum Gasteiger partial charge on any atom is -0.438 e. The van der Waals surface area contributed by atoms with Crippen LogP contribution in [0.25, 0.3) is 0 Å². The molecule has 0 fully saturated rings. The summed E-state index contributed by atoms with van der Waals surface area (Å²) in [7, 11) is 0. The van der Waals surface area contributed by atoms with Crippen LogP contribution in [-0.2, 0) is 14.3 Å². The van der Waals surface area contributed by atoms with Crippen LogP contribution in [0.15, 0.2) is 0 Å². The molecular formula is C6H11NO4. The molecule has 0 aliphatic carbocycles. The van der Waals surface area contributed by atoms with E-state index in [0.29, 0.717) is 6.54 Å². The monoisotopic (exact) mass is 161 g/mol. The quantitative estimate of drug-likeness (QED) is 0.315. The number of carbonyl (C=O) groups is 2. The Morgan fingerprint density at radius 1 is 1.55 bits per heavy atom. The fraction of sp³-hybridized carbons (Fsp3) is 0.667. The van der Waals surface area contributed by atoms with Gasteiger partial charge in [-0.2, -0.15) is 0 Å². The SMILES string of the molecule is CCNC(=O)CC(=O)OCO. The number of hydrogen-bond donors (Lipinski definition) is 2. The maximum absolute atomic E-state index is 10.6. The van der Waals surface area contributed by atoms with E-state index in [9.17, 15) is 9.59 Å². The lowest BCUT2D eigenvalue weighted by Gasteiger charge is -2.00. The summed E-state index contributed by atoms with van der Waals surface area (Å²) in [6.07, 6.45) is -0.339. The summed E-state index contributed by atoms with van der Waals surface area (Å²) in [6.45, 7) is 1.54. The van der Waals surface area contributed by atoms with Gasteiger partial charge in [-0.05, 0) is 6.92 Å². The lowest BCUT2D eigenvalue weighted by Crippen LogP contribution is -2.26. The van der Waals surface area contributed by atoms with Crippen molar-refractivity contribution in [1.29, 1.82) is 0 Å². The maximum atomic E-state index is 10.6. The zero-order valence-corrected chi connectivity index (χ0v) is 6.29. The highest BCUT2D eigenvalue weighted by molar-refractivity contribution is 5.94. The molecule has 0 spiro atoms. The van der Waals surface area contributed by atoms with Gasteiger partial charge in [0.25, 0.3) is 0 Å². The minimum atomic E-state index is -0.724. The molecule has 0 rings (SSSR count). The molecule has 1 amide bonds. The summed E-state index contributed by atoms with van der Waals surface area (Å²) in [5.74, 6) is -1.12. The number of esters is 1. The Morgan fingerprint density at radius 3 is 2.64 bits per heavy atom. The number of carbonyl (C=O) groups excluding carboxylic acids is 2. The molecule has 0 aliphatic heterocycles. The molecule has 0 saturated carbocycles. The number of rotatable bonds is 4. The molecule has 0 atom stereocenters. The number of hydrogen-bond acceptors (Lipinski definition) is 4. The van der Waals surface area contributed by atoms with Gasteiger partial charge < -0.3 is 15.2 Å². The third-order valence-corrected chi connectivity index (χ3v) is 0.904. The van der Waals surface area contributed by atoms with Crippen molar-refractivity contribution in [3.05, 3.63) is 0 Å². The summed E-state index contributed by atoms with van der Waals surface area (Å²) in [4.78, 5) is 21.1. The van der Waals surface area contributed by atoms with Gasteiger partial charge in [-0.1, -0.05) is 0 Å². The van der Waals surface area contributed by atoms with E-state index < -0.39 is 18.7 Å². The third kappa shape index (κ3) is 5.35. The Balaban J connectivity index is 3.49. The largest absolute Gasteiger partial charge is 0.438 e. The van der Waals surface area contributed by atoms with Gasteiger partial charge in [0, 0.05) is 6.54 Å². The number of amides is 1. The van der Waals surface area contributed by atoms with Crippen molar-refractivity contribution in [1.82, 2.24) is 5.32 Å². The van der Waals surface area contributed by atoms with E-state index >= 15 is 0 Å². The van der Waals surface area contributed by atoms with E-state index in [4.69, 9.17) is 5.11 Å². The molecule has 0 saturated heterocycles. The van der Waals surface area contributed by atoms with Gasteiger partial charge in [0.05, 0.1) is 0 Å². The molecule has 0 unspecified atom stereocenters. The van der Waals surface area contributed by atoms with Crippen molar-refractivity contribution in [2.75, 3.05) is 13.3 Å². The molecule has 11 heavy (non-hydrogen) atoms. The first-order chi connectivity index (χ1) is 5.20. The van der Waals surface area contributed by atoms with Gasteiger partial charge in [-0.3, -0.25) is 9.59 Å². The predicted molar refractivity (Wildman–Crippen MR) is 36.5 cm³/mol. The van der Waals surface area contributed by atoms with Gasteiger partial charge in [0.1, 0.15) is 6.42 Å². The molecular weight excluding hydrogens is 150 g/mol. The van der Waals surface area contributed by atoms with Gasteiger partial charge >= 0.3 is 5.97 Å². The molecule has 0 radical (unpaired) electrons. The van der Waals surface area contributed by atoms with E-state index in [2.05, 4.69) is 10.1 Å². The molecule has 0 aromatic heterocycles. The number of aliphatic hydroxyl groups is 1. The highest BCUT2D eigenvalue weighted by Crippen LogP contribution is 1.84. The highest BCUT2D eigenvalue weighted by atomic mass is 16.6. The van der Waals surface area contributed by atoms with Gasteiger partial charge in [0.15, 0.2) is 6.79 Å². The fourth-order valence-electron chi connectivity index (χ4n) is 0.514. The van der Waals surface area contributed by atoms with Crippen LogP contribution in [-0.4, -0.2) is 30.3 Å². The Morgan fingerprint density at radius 2 is 2.18 bits per heavy atom. The number of nitrogens with one attached hydrogen (secondary N) is 1. The normalized spacial score (nSPS) is 8.91. The van der Waals surface area contributed by atoms with Gasteiger partial charge in [-0.25, -0.2) is 0 Å². The summed E-state index contributed by atoms with van der Waals surface area (Å²) in [5.41, 5.74) is 0. The van der Waals surface area contributed by atoms with E-state index in [1.165, 1.54) is 0 Å². The van der Waals surface area contributed by atoms with E-state index in [1.54, 1.807) is 6.92 Å². The molecule has 0 bridgehead atoms. The second kappa shape index (κ2) is 5.67. The van der Waals surface area contributed by atoms with Gasteiger partial charge in [0.2, 0.25) is 5.91 Å². The first-order valence-electron chi connectivity index (χ1n) is 3.24. The standard InChI is InChI=1S/C6H11NO4/c1-2-7-5(9)3-6(10)11-4-8/h8H,2-4H2,1H3,(H,7,9). The first-order valence-corrected chi connectivity index (χ1v) is 3.24. The van der Waals surface area contributed by atoms with Crippen molar-refractivity contribution in [3.63, 3.8) is 0 Å². The zero-order valence-electron chi connectivity index (χ0n) is 6.29. The Kier molecular flexibility index (Phi) is 5.10. The van der Waals surface area contributed by atoms with Crippen molar-refractivity contribution >= 4 is 11.9 Å². The Bertz CT molecular complexity index is 130. The number of aliphatic hydroxyl groups excluding tert-OH is 1. The van der Waals surface area contributed by atoms with Crippen molar-refractivity contribution < 1.29 is 19.4 Å². The molecule has 0 aromatic rings. The molecule has 64 valence electrons. The minimum absolute atomic E-state index is 0.339.